The molecule has 0 radical (unpaired) electrons. The number of aliphatic carboxylic acids is 1. The van der Waals surface area contributed by atoms with Crippen LogP contribution in [0.1, 0.15) is 51.4 Å². The Labute approximate surface area is 133 Å². The second-order valence-corrected chi connectivity index (χ2v) is 6.24. The summed E-state index contributed by atoms with van der Waals surface area (Å²) in [6, 6.07) is 0.0288. The van der Waals surface area contributed by atoms with Crippen LogP contribution >= 0.6 is 0 Å². The monoisotopic (exact) mass is 314 g/mol. The van der Waals surface area contributed by atoms with Crippen molar-refractivity contribution in [2.24, 2.45) is 11.7 Å². The van der Waals surface area contributed by atoms with E-state index in [1.165, 1.54) is 44.1 Å². The number of carbonyl (C=O) groups excluding carboxylic acids is 1. The molecular formula is C16H30N2O4. The van der Waals surface area contributed by atoms with Crippen molar-refractivity contribution in [3.63, 3.8) is 0 Å². The molecule has 6 nitrogen and oxygen atoms in total. The Bertz CT molecular complexity index is 343. The van der Waals surface area contributed by atoms with Crippen molar-refractivity contribution in [1.29, 1.82) is 0 Å². The molecule has 0 aromatic rings. The summed E-state index contributed by atoms with van der Waals surface area (Å²) >= 11 is 0. The SMILES string of the molecule is COCCN(CC(=O)O)C(=O)CCC(N)CC1CCCCC1. The van der Waals surface area contributed by atoms with Gasteiger partial charge in [0.15, 0.2) is 0 Å². The fourth-order valence-electron chi connectivity index (χ4n) is 3.09. The van der Waals surface area contributed by atoms with Gasteiger partial charge in [-0.05, 0) is 18.8 Å². The number of nitrogens with zero attached hydrogens (tertiary/aromatic N) is 1. The highest BCUT2D eigenvalue weighted by atomic mass is 16.5. The van der Waals surface area contributed by atoms with E-state index in [4.69, 9.17) is 15.6 Å². The highest BCUT2D eigenvalue weighted by molar-refractivity contribution is 5.81. The topological polar surface area (TPSA) is 92.9 Å². The maximum Gasteiger partial charge on any atom is 0.323 e. The molecule has 1 saturated carbocycles. The number of carboxylic acids is 1. The van der Waals surface area contributed by atoms with Gasteiger partial charge >= 0.3 is 5.97 Å². The summed E-state index contributed by atoms with van der Waals surface area (Å²) in [6.45, 7) is 0.368. The normalized spacial score (nSPS) is 17.2. The maximum atomic E-state index is 12.1. The zero-order chi connectivity index (χ0) is 16.4. The van der Waals surface area contributed by atoms with E-state index in [0.717, 1.165) is 6.42 Å². The fraction of sp³-hybridized carbons (Fsp3) is 0.875. The number of carboxylic acid groups (broad SMARTS) is 1. The molecule has 0 heterocycles. The maximum absolute atomic E-state index is 12.1. The van der Waals surface area contributed by atoms with E-state index in [0.29, 0.717) is 31.9 Å². The third-order valence-corrected chi connectivity index (χ3v) is 4.33. The second-order valence-electron chi connectivity index (χ2n) is 6.24. The molecule has 1 atom stereocenters. The van der Waals surface area contributed by atoms with Gasteiger partial charge in [0.25, 0.3) is 0 Å². The minimum Gasteiger partial charge on any atom is -0.480 e. The average molecular weight is 314 g/mol. The van der Waals surface area contributed by atoms with E-state index in [1.54, 1.807) is 0 Å². The Kier molecular flexibility index (Phi) is 9.08. The molecule has 0 spiro atoms. The van der Waals surface area contributed by atoms with E-state index in [1.807, 2.05) is 0 Å². The molecule has 0 aromatic carbocycles. The molecule has 0 bridgehead atoms. The number of amides is 1. The lowest BCUT2D eigenvalue weighted by atomic mass is 9.84. The lowest BCUT2D eigenvalue weighted by Gasteiger charge is -2.25. The summed E-state index contributed by atoms with van der Waals surface area (Å²) in [6.07, 6.45) is 8.32. The molecule has 1 rings (SSSR count). The number of methoxy groups -OCH3 is 1. The first-order chi connectivity index (χ1) is 10.5. The third-order valence-electron chi connectivity index (χ3n) is 4.33. The highest BCUT2D eigenvalue weighted by Gasteiger charge is 2.20. The molecule has 0 aromatic heterocycles. The lowest BCUT2D eigenvalue weighted by molar-refractivity contribution is -0.145. The molecule has 1 aliphatic rings. The molecule has 1 fully saturated rings. The van der Waals surface area contributed by atoms with Crippen molar-refractivity contribution in [2.45, 2.75) is 57.4 Å². The van der Waals surface area contributed by atoms with E-state index < -0.39 is 5.97 Å². The standard InChI is InChI=1S/C16H30N2O4/c1-22-10-9-18(12-16(20)21)15(19)8-7-14(17)11-13-5-3-2-4-6-13/h13-14H,2-12,17H2,1H3,(H,20,21). The Morgan fingerprint density at radius 1 is 1.32 bits per heavy atom. The van der Waals surface area contributed by atoms with Gasteiger partial charge in [-0.2, -0.15) is 0 Å². The van der Waals surface area contributed by atoms with Crippen LogP contribution in [-0.4, -0.2) is 54.7 Å². The minimum absolute atomic E-state index is 0.0288. The summed E-state index contributed by atoms with van der Waals surface area (Å²) < 4.78 is 4.92. The molecule has 128 valence electrons. The Hall–Kier alpha value is -1.14. The van der Waals surface area contributed by atoms with Crippen LogP contribution in [0.4, 0.5) is 0 Å². The van der Waals surface area contributed by atoms with Gasteiger partial charge in [-0.3, -0.25) is 9.59 Å². The molecular weight excluding hydrogens is 284 g/mol. The largest absolute Gasteiger partial charge is 0.480 e. The molecule has 1 amide bonds. The van der Waals surface area contributed by atoms with E-state index in [9.17, 15) is 9.59 Å². The fourth-order valence-corrected chi connectivity index (χ4v) is 3.09. The lowest BCUT2D eigenvalue weighted by Crippen LogP contribution is -2.38. The number of rotatable bonds is 10. The van der Waals surface area contributed by atoms with Crippen molar-refractivity contribution in [3.8, 4) is 0 Å². The molecule has 1 unspecified atom stereocenters. The second kappa shape index (κ2) is 10.6. The first-order valence-electron chi connectivity index (χ1n) is 8.27. The van der Waals surface area contributed by atoms with Crippen LogP contribution in [0.15, 0.2) is 0 Å². The number of hydrogen-bond donors (Lipinski definition) is 2. The van der Waals surface area contributed by atoms with Crippen molar-refractivity contribution in [3.05, 3.63) is 0 Å². The van der Waals surface area contributed by atoms with Crippen molar-refractivity contribution in [2.75, 3.05) is 26.8 Å². The van der Waals surface area contributed by atoms with Gasteiger partial charge in [0, 0.05) is 26.1 Å². The summed E-state index contributed by atoms with van der Waals surface area (Å²) in [5.74, 6) is -0.461. The Balaban J connectivity index is 2.32. The molecule has 1 aliphatic carbocycles. The van der Waals surface area contributed by atoms with Gasteiger partial charge in [-0.15, -0.1) is 0 Å². The summed E-state index contributed by atoms with van der Waals surface area (Å²) in [7, 11) is 1.53. The predicted molar refractivity (Wildman–Crippen MR) is 84.5 cm³/mol. The minimum atomic E-state index is -1.00. The number of carbonyl (C=O) groups is 2. The van der Waals surface area contributed by atoms with Crippen LogP contribution in [0.3, 0.4) is 0 Å². The Morgan fingerprint density at radius 2 is 2.00 bits per heavy atom. The number of hydrogen-bond acceptors (Lipinski definition) is 4. The molecule has 0 aliphatic heterocycles. The summed E-state index contributed by atoms with van der Waals surface area (Å²) in [5, 5.41) is 8.87. The molecule has 22 heavy (non-hydrogen) atoms. The summed E-state index contributed by atoms with van der Waals surface area (Å²) in [4.78, 5) is 24.3. The zero-order valence-electron chi connectivity index (χ0n) is 13.6. The van der Waals surface area contributed by atoms with Gasteiger partial charge < -0.3 is 20.5 Å². The molecule has 0 saturated heterocycles. The van der Waals surface area contributed by atoms with Crippen LogP contribution in [0.25, 0.3) is 0 Å². The van der Waals surface area contributed by atoms with Crippen molar-refractivity contribution >= 4 is 11.9 Å². The first kappa shape index (κ1) is 18.9. The van der Waals surface area contributed by atoms with Crippen molar-refractivity contribution in [1.82, 2.24) is 4.90 Å². The smallest absolute Gasteiger partial charge is 0.323 e. The van der Waals surface area contributed by atoms with E-state index in [2.05, 4.69) is 0 Å². The van der Waals surface area contributed by atoms with Crippen molar-refractivity contribution < 1.29 is 19.4 Å². The van der Waals surface area contributed by atoms with Gasteiger partial charge in [-0.25, -0.2) is 0 Å². The number of nitrogens with two attached hydrogens (primary N) is 1. The molecule has 6 heteroatoms. The zero-order valence-corrected chi connectivity index (χ0v) is 13.6. The van der Waals surface area contributed by atoms with Gasteiger partial charge in [0.05, 0.1) is 6.61 Å². The quantitative estimate of drug-likeness (QED) is 0.639. The van der Waals surface area contributed by atoms with E-state index in [-0.39, 0.29) is 18.5 Å². The van der Waals surface area contributed by atoms with Crippen LogP contribution in [0.2, 0.25) is 0 Å². The van der Waals surface area contributed by atoms with Crippen LogP contribution in [-0.2, 0) is 14.3 Å². The first-order valence-corrected chi connectivity index (χ1v) is 8.27. The summed E-state index contributed by atoms with van der Waals surface area (Å²) in [5.41, 5.74) is 6.14. The number of ether oxygens (including phenoxy) is 1. The van der Waals surface area contributed by atoms with Crippen LogP contribution < -0.4 is 5.73 Å². The third kappa shape index (κ3) is 7.75. The predicted octanol–water partition coefficient (Wildman–Crippen LogP) is 1.62. The molecule has 3 N–H and O–H groups in total. The van der Waals surface area contributed by atoms with Crippen LogP contribution in [0, 0.1) is 5.92 Å². The van der Waals surface area contributed by atoms with E-state index >= 15 is 0 Å². The van der Waals surface area contributed by atoms with Crippen LogP contribution in [0.5, 0.6) is 0 Å². The van der Waals surface area contributed by atoms with Gasteiger partial charge in [-0.1, -0.05) is 32.1 Å². The van der Waals surface area contributed by atoms with Gasteiger partial charge in [0.2, 0.25) is 5.91 Å². The van der Waals surface area contributed by atoms with Gasteiger partial charge in [0.1, 0.15) is 6.54 Å². The average Bonchev–Trinajstić information content (AvgIpc) is 2.49. The highest BCUT2D eigenvalue weighted by Crippen LogP contribution is 2.27. The Morgan fingerprint density at radius 3 is 2.59 bits per heavy atom.